The van der Waals surface area contributed by atoms with Crippen LogP contribution in [0.5, 0.6) is 0 Å². The van der Waals surface area contributed by atoms with Crippen molar-refractivity contribution >= 4 is 16.4 Å². The zero-order valence-electron chi connectivity index (χ0n) is 33.3. The summed E-state index contributed by atoms with van der Waals surface area (Å²) in [5, 5.41) is 30.6. The highest BCUT2D eigenvalue weighted by molar-refractivity contribution is 7.80. The lowest BCUT2D eigenvalue weighted by Gasteiger charge is -2.41. The van der Waals surface area contributed by atoms with Crippen molar-refractivity contribution in [2.24, 2.45) is 0 Å². The Kier molecular flexibility index (Phi) is 31.2. The summed E-state index contributed by atoms with van der Waals surface area (Å²) in [7, 11) is -5.06. The predicted octanol–water partition coefficient (Wildman–Crippen LogP) is 7.85. The molecule has 0 aromatic rings. The second kappa shape index (κ2) is 33.5. The molecular formula is C41H74O12S. The molecule has 316 valence electrons. The molecule has 0 amide bonds. The van der Waals surface area contributed by atoms with Gasteiger partial charge in [0.05, 0.1) is 19.8 Å². The maximum atomic E-state index is 12.8. The van der Waals surface area contributed by atoms with Gasteiger partial charge in [0.1, 0.15) is 30.5 Å². The van der Waals surface area contributed by atoms with Crippen molar-refractivity contribution < 1.29 is 56.2 Å². The van der Waals surface area contributed by atoms with Crippen LogP contribution in [0.1, 0.15) is 155 Å². The second-order valence-electron chi connectivity index (χ2n) is 14.2. The topological polar surface area (TPSA) is 178 Å². The maximum Gasteiger partial charge on any atom is 0.397 e. The number of carbonyl (C=O) groups excluding carboxylic acids is 1. The van der Waals surface area contributed by atoms with Gasteiger partial charge in [-0.2, -0.15) is 8.42 Å². The van der Waals surface area contributed by atoms with Crippen LogP contribution in [0.25, 0.3) is 0 Å². The average molecular weight is 791 g/mol. The van der Waals surface area contributed by atoms with Gasteiger partial charge < -0.3 is 34.3 Å². The molecule has 1 fully saturated rings. The zero-order chi connectivity index (χ0) is 39.7. The summed E-state index contributed by atoms with van der Waals surface area (Å²) in [4.78, 5) is 12.8. The number of ether oxygens (including phenoxy) is 4. The molecule has 12 nitrogen and oxygen atoms in total. The first-order valence-electron chi connectivity index (χ1n) is 20.7. The van der Waals surface area contributed by atoms with Crippen LogP contribution in [-0.4, -0.2) is 97.5 Å². The molecule has 1 aliphatic rings. The maximum absolute atomic E-state index is 12.8. The van der Waals surface area contributed by atoms with Gasteiger partial charge in [-0.15, -0.1) is 0 Å². The van der Waals surface area contributed by atoms with Gasteiger partial charge in [-0.05, 0) is 44.9 Å². The quantitative estimate of drug-likeness (QED) is 0.0212. The molecule has 1 aliphatic heterocycles. The van der Waals surface area contributed by atoms with Crippen molar-refractivity contribution in [3.8, 4) is 0 Å². The number of aliphatic hydroxyl groups is 3. The number of esters is 1. The van der Waals surface area contributed by atoms with Gasteiger partial charge in [0.25, 0.3) is 0 Å². The van der Waals surface area contributed by atoms with E-state index in [2.05, 4.69) is 54.5 Å². The molecule has 1 rings (SSSR count). The van der Waals surface area contributed by atoms with Gasteiger partial charge in [0.15, 0.2) is 6.29 Å². The van der Waals surface area contributed by atoms with Gasteiger partial charge in [-0.1, -0.05) is 140 Å². The third-order valence-corrected chi connectivity index (χ3v) is 9.74. The van der Waals surface area contributed by atoms with E-state index in [4.69, 9.17) is 23.5 Å². The number of allylic oxidation sites excluding steroid dienone is 6. The zero-order valence-corrected chi connectivity index (χ0v) is 34.1. The molecule has 0 saturated carbocycles. The van der Waals surface area contributed by atoms with Crippen LogP contribution in [0, 0.1) is 0 Å². The van der Waals surface area contributed by atoms with Crippen LogP contribution in [0.2, 0.25) is 0 Å². The fraction of sp³-hybridized carbons (Fsp3) is 0.829. The summed E-state index contributed by atoms with van der Waals surface area (Å²) in [6.45, 7) is 3.84. The fourth-order valence-corrected chi connectivity index (χ4v) is 6.66. The lowest BCUT2D eigenvalue weighted by Crippen LogP contribution is -2.60. The van der Waals surface area contributed by atoms with E-state index in [-0.39, 0.29) is 19.6 Å². The monoisotopic (exact) mass is 790 g/mol. The summed E-state index contributed by atoms with van der Waals surface area (Å²) in [5.41, 5.74) is 0. The first-order valence-corrected chi connectivity index (χ1v) is 22.1. The predicted molar refractivity (Wildman–Crippen MR) is 211 cm³/mol. The molecule has 0 aromatic heterocycles. The van der Waals surface area contributed by atoms with Gasteiger partial charge in [-0.3, -0.25) is 9.35 Å². The van der Waals surface area contributed by atoms with Gasteiger partial charge in [-0.25, -0.2) is 4.18 Å². The smallest absolute Gasteiger partial charge is 0.397 e. The minimum absolute atomic E-state index is 0.0333. The van der Waals surface area contributed by atoms with E-state index in [1.807, 2.05) is 0 Å². The Morgan fingerprint density at radius 1 is 0.722 bits per heavy atom. The van der Waals surface area contributed by atoms with Gasteiger partial charge in [0, 0.05) is 13.0 Å². The van der Waals surface area contributed by atoms with E-state index in [1.54, 1.807) is 0 Å². The van der Waals surface area contributed by atoms with Gasteiger partial charge in [0.2, 0.25) is 0 Å². The van der Waals surface area contributed by atoms with Crippen molar-refractivity contribution in [3.05, 3.63) is 36.5 Å². The van der Waals surface area contributed by atoms with E-state index in [9.17, 15) is 28.5 Å². The lowest BCUT2D eigenvalue weighted by molar-refractivity contribution is -0.301. The Morgan fingerprint density at radius 3 is 1.87 bits per heavy atom. The Morgan fingerprint density at radius 2 is 1.28 bits per heavy atom. The van der Waals surface area contributed by atoms with Crippen molar-refractivity contribution in [2.45, 2.75) is 192 Å². The van der Waals surface area contributed by atoms with Crippen LogP contribution < -0.4 is 0 Å². The van der Waals surface area contributed by atoms with Crippen molar-refractivity contribution in [3.63, 3.8) is 0 Å². The SMILES string of the molecule is CC/C=C\C/C=C\C/C=C\CCCCCCCCCC(=O)OC(COCCCCCCCCCCCC)COC1OC(CO)C(O)C(OS(=O)(=O)O)C1O. The number of unbranched alkanes of at least 4 members (excludes halogenated alkanes) is 16. The lowest BCUT2D eigenvalue weighted by atomic mass is 9.99. The summed E-state index contributed by atoms with van der Waals surface area (Å²) in [5.74, 6) is -0.411. The summed E-state index contributed by atoms with van der Waals surface area (Å²) in [6.07, 6.45) is 27.5. The van der Waals surface area contributed by atoms with Gasteiger partial charge >= 0.3 is 16.4 Å². The van der Waals surface area contributed by atoms with Crippen molar-refractivity contribution in [2.75, 3.05) is 26.4 Å². The molecule has 0 spiro atoms. The minimum Gasteiger partial charge on any atom is -0.457 e. The molecule has 4 N–H and O–H groups in total. The van der Waals surface area contributed by atoms with Crippen molar-refractivity contribution in [1.29, 1.82) is 0 Å². The number of rotatable bonds is 35. The molecule has 1 saturated heterocycles. The first-order chi connectivity index (χ1) is 26.1. The minimum atomic E-state index is -5.06. The highest BCUT2D eigenvalue weighted by atomic mass is 32.3. The summed E-state index contributed by atoms with van der Waals surface area (Å²) >= 11 is 0. The highest BCUT2D eigenvalue weighted by Crippen LogP contribution is 2.26. The van der Waals surface area contributed by atoms with Crippen LogP contribution in [0.15, 0.2) is 36.5 Å². The van der Waals surface area contributed by atoms with E-state index in [1.165, 1.54) is 57.8 Å². The number of carbonyl (C=O) groups is 1. The molecule has 0 aromatic carbocycles. The molecule has 0 bridgehead atoms. The Labute approximate surface area is 326 Å². The largest absolute Gasteiger partial charge is 0.457 e. The molecule has 13 heteroatoms. The van der Waals surface area contributed by atoms with Crippen molar-refractivity contribution in [1.82, 2.24) is 0 Å². The number of hydrogen-bond acceptors (Lipinski definition) is 11. The summed E-state index contributed by atoms with van der Waals surface area (Å²) < 4.78 is 58.8. The Balaban J connectivity index is 2.46. The Bertz CT molecular complexity index is 1100. The summed E-state index contributed by atoms with van der Waals surface area (Å²) in [6, 6.07) is 0. The van der Waals surface area contributed by atoms with Crippen LogP contribution in [-0.2, 0) is 38.3 Å². The molecule has 54 heavy (non-hydrogen) atoms. The third-order valence-electron chi connectivity index (χ3n) is 9.28. The van der Waals surface area contributed by atoms with Crippen LogP contribution >= 0.6 is 0 Å². The Hall–Kier alpha value is -1.68. The molecule has 0 aliphatic carbocycles. The van der Waals surface area contributed by atoms with Crippen LogP contribution in [0.3, 0.4) is 0 Å². The molecule has 6 unspecified atom stereocenters. The van der Waals surface area contributed by atoms with Crippen LogP contribution in [0.4, 0.5) is 0 Å². The third kappa shape index (κ3) is 27.0. The van der Waals surface area contributed by atoms with E-state index in [0.29, 0.717) is 13.0 Å². The normalized spacial score (nSPS) is 21.5. The molecular weight excluding hydrogens is 717 g/mol. The van der Waals surface area contributed by atoms with E-state index in [0.717, 1.165) is 70.6 Å². The highest BCUT2D eigenvalue weighted by Gasteiger charge is 2.48. The number of aliphatic hydroxyl groups excluding tert-OH is 3. The molecule has 6 atom stereocenters. The standard InChI is InChI=1S/C41H74O12S/c1-3-5-7-9-11-13-15-16-17-18-19-20-21-22-24-26-28-30-37(43)51-35(33-49-31-29-27-25-23-14-12-10-8-6-4-2)34-50-41-39(45)40(53-54(46,47)48)38(44)36(32-42)52-41/h5,7,11,13,16-17,35-36,38-42,44-45H,3-4,6,8-10,12,14-15,18-34H2,1-2H3,(H,46,47,48)/b7-5-,13-11-,17-16-. The fourth-order valence-electron chi connectivity index (χ4n) is 6.16. The number of hydrogen-bond donors (Lipinski definition) is 4. The average Bonchev–Trinajstić information content (AvgIpc) is 3.14. The molecule has 0 radical (unpaired) electrons. The second-order valence-corrected chi connectivity index (χ2v) is 15.3. The first kappa shape index (κ1) is 50.3. The van der Waals surface area contributed by atoms with E-state index >= 15 is 0 Å². The molecule has 1 heterocycles. The van der Waals surface area contributed by atoms with E-state index < -0.39 is 59.8 Å².